The Hall–Kier alpha value is -1.15. The molecule has 0 saturated carbocycles. The number of nitrogens with zero attached hydrogens (tertiary/aromatic N) is 1. The van der Waals surface area contributed by atoms with Crippen molar-refractivity contribution in [3.63, 3.8) is 0 Å². The van der Waals surface area contributed by atoms with Gasteiger partial charge in [-0.1, -0.05) is 18.2 Å². The second-order valence-corrected chi connectivity index (χ2v) is 2.76. The standard InChI is InChI=1S/C9H8ClNO/c1-3-8(12)7-4-6(2)9(10)11-5-7/h3-5H,1H2,2H3. The van der Waals surface area contributed by atoms with Gasteiger partial charge in [0.2, 0.25) is 0 Å². The smallest absolute Gasteiger partial charge is 0.186 e. The van der Waals surface area contributed by atoms with Crippen molar-refractivity contribution in [1.29, 1.82) is 0 Å². The van der Waals surface area contributed by atoms with Crippen molar-refractivity contribution in [2.24, 2.45) is 0 Å². The summed E-state index contributed by atoms with van der Waals surface area (Å²) in [7, 11) is 0. The molecule has 1 aromatic heterocycles. The third-order valence-electron chi connectivity index (χ3n) is 1.48. The first-order valence-electron chi connectivity index (χ1n) is 3.44. The van der Waals surface area contributed by atoms with Crippen LogP contribution in [0.5, 0.6) is 0 Å². The van der Waals surface area contributed by atoms with E-state index >= 15 is 0 Å². The summed E-state index contributed by atoms with van der Waals surface area (Å²) in [5.74, 6) is -0.137. The molecule has 0 N–H and O–H groups in total. The van der Waals surface area contributed by atoms with E-state index in [1.54, 1.807) is 13.0 Å². The highest BCUT2D eigenvalue weighted by Crippen LogP contribution is 2.12. The summed E-state index contributed by atoms with van der Waals surface area (Å²) in [5.41, 5.74) is 1.32. The number of aryl methyl sites for hydroxylation is 1. The molecule has 0 amide bonds. The SMILES string of the molecule is C=CC(=O)c1cnc(Cl)c(C)c1. The van der Waals surface area contributed by atoms with Crippen molar-refractivity contribution in [2.75, 3.05) is 0 Å². The molecule has 0 aliphatic heterocycles. The quantitative estimate of drug-likeness (QED) is 0.399. The Kier molecular flexibility index (Phi) is 2.61. The average molecular weight is 182 g/mol. The van der Waals surface area contributed by atoms with Crippen LogP contribution < -0.4 is 0 Å². The fourth-order valence-corrected chi connectivity index (χ4v) is 0.914. The highest BCUT2D eigenvalue weighted by molar-refractivity contribution is 6.30. The van der Waals surface area contributed by atoms with Crippen LogP contribution in [-0.2, 0) is 0 Å². The number of pyridine rings is 1. The van der Waals surface area contributed by atoms with Gasteiger partial charge < -0.3 is 0 Å². The van der Waals surface area contributed by atoms with Gasteiger partial charge >= 0.3 is 0 Å². The van der Waals surface area contributed by atoms with Gasteiger partial charge in [-0.15, -0.1) is 0 Å². The van der Waals surface area contributed by atoms with Gasteiger partial charge in [0.15, 0.2) is 5.78 Å². The first kappa shape index (κ1) is 8.94. The Balaban J connectivity index is 3.13. The lowest BCUT2D eigenvalue weighted by Gasteiger charge is -1.98. The lowest BCUT2D eigenvalue weighted by atomic mass is 10.1. The molecule has 0 aromatic carbocycles. The van der Waals surface area contributed by atoms with Crippen LogP contribution in [0, 0.1) is 6.92 Å². The summed E-state index contributed by atoms with van der Waals surface area (Å²) >= 11 is 5.68. The minimum absolute atomic E-state index is 0.137. The fraction of sp³-hybridized carbons (Fsp3) is 0.111. The number of carbonyl (C=O) groups excluding carboxylic acids is 1. The molecule has 1 aromatic rings. The lowest BCUT2D eigenvalue weighted by molar-refractivity contribution is 0.104. The summed E-state index contributed by atoms with van der Waals surface area (Å²) < 4.78 is 0. The molecule has 0 unspecified atom stereocenters. The summed E-state index contributed by atoms with van der Waals surface area (Å²) in [6, 6.07) is 1.69. The van der Waals surface area contributed by atoms with E-state index in [1.165, 1.54) is 12.3 Å². The van der Waals surface area contributed by atoms with Gasteiger partial charge in [0.05, 0.1) is 0 Å². The van der Waals surface area contributed by atoms with Crippen molar-refractivity contribution in [1.82, 2.24) is 4.98 Å². The van der Waals surface area contributed by atoms with Crippen LogP contribution in [0.1, 0.15) is 15.9 Å². The van der Waals surface area contributed by atoms with E-state index < -0.39 is 0 Å². The Labute approximate surface area is 75.9 Å². The summed E-state index contributed by atoms with van der Waals surface area (Å²) in [5, 5.41) is 0.426. The second-order valence-electron chi connectivity index (χ2n) is 2.40. The third kappa shape index (κ3) is 1.71. The van der Waals surface area contributed by atoms with Crippen LogP contribution in [0.3, 0.4) is 0 Å². The van der Waals surface area contributed by atoms with Crippen LogP contribution in [0.15, 0.2) is 24.9 Å². The van der Waals surface area contributed by atoms with Crippen molar-refractivity contribution in [3.8, 4) is 0 Å². The minimum atomic E-state index is -0.137. The minimum Gasteiger partial charge on any atom is -0.289 e. The molecule has 0 aliphatic carbocycles. The van der Waals surface area contributed by atoms with E-state index in [4.69, 9.17) is 11.6 Å². The zero-order valence-corrected chi connectivity index (χ0v) is 7.43. The topological polar surface area (TPSA) is 30.0 Å². The molecule has 0 fully saturated rings. The monoisotopic (exact) mass is 181 g/mol. The molecule has 1 rings (SSSR count). The maximum absolute atomic E-state index is 11.1. The molecule has 0 aliphatic rings. The van der Waals surface area contributed by atoms with Gasteiger partial charge in [-0.05, 0) is 24.6 Å². The summed E-state index contributed by atoms with van der Waals surface area (Å²) in [6.45, 7) is 5.18. The summed E-state index contributed by atoms with van der Waals surface area (Å²) in [6.07, 6.45) is 2.70. The van der Waals surface area contributed by atoms with Gasteiger partial charge in [0.1, 0.15) is 5.15 Å². The highest BCUT2D eigenvalue weighted by Gasteiger charge is 2.03. The first-order valence-corrected chi connectivity index (χ1v) is 3.82. The number of carbonyl (C=O) groups is 1. The third-order valence-corrected chi connectivity index (χ3v) is 1.88. The number of hydrogen-bond donors (Lipinski definition) is 0. The molecule has 0 bridgehead atoms. The number of aromatic nitrogens is 1. The molecule has 1 heterocycles. The van der Waals surface area contributed by atoms with Crippen molar-refractivity contribution < 1.29 is 4.79 Å². The van der Waals surface area contributed by atoms with Gasteiger partial charge in [0, 0.05) is 11.8 Å². The molecular formula is C9H8ClNO. The van der Waals surface area contributed by atoms with E-state index in [0.717, 1.165) is 5.56 Å². The second kappa shape index (κ2) is 3.50. The van der Waals surface area contributed by atoms with Crippen LogP contribution in [-0.4, -0.2) is 10.8 Å². The van der Waals surface area contributed by atoms with Gasteiger partial charge in [-0.2, -0.15) is 0 Å². The van der Waals surface area contributed by atoms with Gasteiger partial charge in [-0.25, -0.2) is 4.98 Å². The van der Waals surface area contributed by atoms with E-state index in [2.05, 4.69) is 11.6 Å². The number of ketones is 1. The molecule has 0 radical (unpaired) electrons. The van der Waals surface area contributed by atoms with Gasteiger partial charge in [0.25, 0.3) is 0 Å². The first-order chi connectivity index (χ1) is 5.65. The molecule has 12 heavy (non-hydrogen) atoms. The lowest BCUT2D eigenvalue weighted by Crippen LogP contribution is -1.95. The predicted molar refractivity (Wildman–Crippen MR) is 48.5 cm³/mol. The maximum Gasteiger partial charge on any atom is 0.186 e. The van der Waals surface area contributed by atoms with Crippen molar-refractivity contribution in [3.05, 3.63) is 41.2 Å². The largest absolute Gasteiger partial charge is 0.289 e. The maximum atomic E-state index is 11.1. The zero-order chi connectivity index (χ0) is 9.14. The molecular weight excluding hydrogens is 174 g/mol. The van der Waals surface area contributed by atoms with E-state index in [9.17, 15) is 4.79 Å². The number of hydrogen-bond acceptors (Lipinski definition) is 2. The Morgan fingerprint density at radius 2 is 2.42 bits per heavy atom. The van der Waals surface area contributed by atoms with Crippen LogP contribution in [0.2, 0.25) is 5.15 Å². The van der Waals surface area contributed by atoms with E-state index in [-0.39, 0.29) is 5.78 Å². The number of allylic oxidation sites excluding steroid dienone is 1. The molecule has 3 heteroatoms. The normalized spacial score (nSPS) is 9.50. The molecule has 0 saturated heterocycles. The number of halogens is 1. The van der Waals surface area contributed by atoms with Crippen molar-refractivity contribution in [2.45, 2.75) is 6.92 Å². The van der Waals surface area contributed by atoms with Crippen molar-refractivity contribution >= 4 is 17.4 Å². The van der Waals surface area contributed by atoms with E-state index in [1.807, 2.05) is 0 Å². The van der Waals surface area contributed by atoms with Crippen LogP contribution in [0.4, 0.5) is 0 Å². The predicted octanol–water partition coefficient (Wildman–Crippen LogP) is 2.41. The fourth-order valence-electron chi connectivity index (χ4n) is 0.811. The van der Waals surface area contributed by atoms with Crippen LogP contribution >= 0.6 is 11.6 Å². The molecule has 0 spiro atoms. The Morgan fingerprint density at radius 3 is 2.92 bits per heavy atom. The Bertz CT molecular complexity index is 333. The summed E-state index contributed by atoms with van der Waals surface area (Å²) in [4.78, 5) is 14.9. The molecule has 2 nitrogen and oxygen atoms in total. The molecule has 0 atom stereocenters. The van der Waals surface area contributed by atoms with Crippen LogP contribution in [0.25, 0.3) is 0 Å². The van der Waals surface area contributed by atoms with E-state index in [0.29, 0.717) is 10.7 Å². The number of rotatable bonds is 2. The highest BCUT2D eigenvalue weighted by atomic mass is 35.5. The zero-order valence-electron chi connectivity index (χ0n) is 6.67. The molecule has 62 valence electrons. The van der Waals surface area contributed by atoms with Gasteiger partial charge in [-0.3, -0.25) is 4.79 Å². The Morgan fingerprint density at radius 1 is 1.75 bits per heavy atom. The average Bonchev–Trinajstić information content (AvgIpc) is 2.08.